The molecule has 2 aromatic rings. The van der Waals surface area contributed by atoms with Crippen LogP contribution in [0.4, 0.5) is 0 Å². The van der Waals surface area contributed by atoms with Crippen molar-refractivity contribution in [3.05, 3.63) is 28.8 Å². The molecule has 0 unspecified atom stereocenters. The zero-order valence-electron chi connectivity index (χ0n) is 11.5. The van der Waals surface area contributed by atoms with E-state index < -0.39 is 5.97 Å². The maximum Gasteiger partial charge on any atom is 0.358 e. The van der Waals surface area contributed by atoms with Gasteiger partial charge in [0.2, 0.25) is 0 Å². The molecule has 0 aromatic carbocycles. The van der Waals surface area contributed by atoms with Gasteiger partial charge in [-0.15, -0.1) is 5.10 Å². The van der Waals surface area contributed by atoms with Crippen molar-refractivity contribution in [1.82, 2.24) is 25.0 Å². The molecule has 2 heterocycles. The highest BCUT2D eigenvalue weighted by atomic mass is 32.2. The number of rotatable bonds is 5. The predicted octanol–water partition coefficient (Wildman–Crippen LogP) is 1.48. The lowest BCUT2D eigenvalue weighted by atomic mass is 10.2. The van der Waals surface area contributed by atoms with Crippen LogP contribution in [0.1, 0.15) is 27.4 Å². The highest BCUT2D eigenvalue weighted by Gasteiger charge is 2.09. The summed E-state index contributed by atoms with van der Waals surface area (Å²) in [6.45, 7) is 6.48. The molecular weight excluding hydrogens is 278 g/mol. The number of thioether (sulfide) groups is 1. The van der Waals surface area contributed by atoms with Crippen molar-refractivity contribution >= 4 is 17.7 Å². The average Bonchev–Trinajstić information content (AvgIpc) is 2.85. The molecule has 0 fully saturated rings. The van der Waals surface area contributed by atoms with E-state index in [4.69, 9.17) is 5.11 Å². The Morgan fingerprint density at radius 2 is 1.95 bits per heavy atom. The zero-order valence-corrected chi connectivity index (χ0v) is 12.3. The summed E-state index contributed by atoms with van der Waals surface area (Å²) in [5.41, 5.74) is 3.02. The number of carboxylic acids is 1. The van der Waals surface area contributed by atoms with Gasteiger partial charge in [0, 0.05) is 17.1 Å². The lowest BCUT2D eigenvalue weighted by Gasteiger charge is -2.06. The quantitative estimate of drug-likeness (QED) is 0.659. The van der Waals surface area contributed by atoms with Crippen molar-refractivity contribution in [1.29, 1.82) is 0 Å². The topological polar surface area (TPSA) is 93.8 Å². The van der Waals surface area contributed by atoms with Crippen LogP contribution in [0.3, 0.4) is 0 Å². The second-order valence-corrected chi connectivity index (χ2v) is 5.38. The number of aryl methyl sites for hydroxylation is 3. The Balaban J connectivity index is 1.94. The number of aromatic carboxylic acids is 1. The molecule has 0 aliphatic heterocycles. The highest BCUT2D eigenvalue weighted by molar-refractivity contribution is 7.99. The lowest BCUT2D eigenvalue weighted by molar-refractivity contribution is 0.0690. The summed E-state index contributed by atoms with van der Waals surface area (Å²) in [5.74, 6) is -0.373. The standard InChI is InChI=1S/C12H15N5O2S/c1-7-8(2)13-12(14-9(7)3)20-5-4-17-6-10(11(18)19)15-16-17/h6H,4-5H2,1-3H3,(H,18,19). The Kier molecular flexibility index (Phi) is 4.33. The molecule has 0 radical (unpaired) electrons. The Labute approximate surface area is 120 Å². The molecular formula is C12H15N5O2S. The molecule has 1 N–H and O–H groups in total. The van der Waals surface area contributed by atoms with Crippen LogP contribution >= 0.6 is 11.8 Å². The monoisotopic (exact) mass is 293 g/mol. The van der Waals surface area contributed by atoms with Crippen LogP contribution in [0.2, 0.25) is 0 Å². The summed E-state index contributed by atoms with van der Waals surface area (Å²) in [5, 5.41) is 16.8. The number of nitrogens with zero attached hydrogens (tertiary/aromatic N) is 5. The molecule has 0 spiro atoms. The maximum absolute atomic E-state index is 10.7. The van der Waals surface area contributed by atoms with E-state index in [0.717, 1.165) is 22.1 Å². The molecule has 0 bridgehead atoms. The van der Waals surface area contributed by atoms with Gasteiger partial charge in [0.15, 0.2) is 10.9 Å². The van der Waals surface area contributed by atoms with Gasteiger partial charge in [-0.05, 0) is 26.3 Å². The van der Waals surface area contributed by atoms with Crippen LogP contribution in [0.15, 0.2) is 11.4 Å². The Bertz CT molecular complexity index is 618. The Morgan fingerprint density at radius 1 is 1.30 bits per heavy atom. The van der Waals surface area contributed by atoms with Crippen LogP contribution < -0.4 is 0 Å². The summed E-state index contributed by atoms with van der Waals surface area (Å²) in [7, 11) is 0. The molecule has 0 aliphatic carbocycles. The van der Waals surface area contributed by atoms with Crippen LogP contribution in [0.25, 0.3) is 0 Å². The second-order valence-electron chi connectivity index (χ2n) is 4.32. The highest BCUT2D eigenvalue weighted by Crippen LogP contribution is 2.17. The Morgan fingerprint density at radius 3 is 2.50 bits per heavy atom. The van der Waals surface area contributed by atoms with Crippen molar-refractivity contribution in [3.63, 3.8) is 0 Å². The molecule has 8 heteroatoms. The molecule has 20 heavy (non-hydrogen) atoms. The van der Waals surface area contributed by atoms with Gasteiger partial charge in [0.25, 0.3) is 0 Å². The molecule has 0 saturated heterocycles. The number of hydrogen-bond acceptors (Lipinski definition) is 6. The first-order chi connectivity index (χ1) is 9.47. The molecule has 0 saturated carbocycles. The molecule has 7 nitrogen and oxygen atoms in total. The predicted molar refractivity (Wildman–Crippen MR) is 73.9 cm³/mol. The van der Waals surface area contributed by atoms with Gasteiger partial charge in [-0.1, -0.05) is 17.0 Å². The van der Waals surface area contributed by atoms with E-state index in [-0.39, 0.29) is 5.69 Å². The van der Waals surface area contributed by atoms with E-state index in [1.807, 2.05) is 20.8 Å². The summed E-state index contributed by atoms with van der Waals surface area (Å²) >= 11 is 1.51. The van der Waals surface area contributed by atoms with Crippen molar-refractivity contribution in [2.45, 2.75) is 32.5 Å². The molecule has 2 rings (SSSR count). The summed E-state index contributed by atoms with van der Waals surface area (Å²) < 4.78 is 1.50. The minimum absolute atomic E-state index is 0.0479. The minimum Gasteiger partial charge on any atom is -0.476 e. The smallest absolute Gasteiger partial charge is 0.358 e. The van der Waals surface area contributed by atoms with Gasteiger partial charge < -0.3 is 5.11 Å². The van der Waals surface area contributed by atoms with Crippen LogP contribution in [0.5, 0.6) is 0 Å². The third kappa shape index (κ3) is 3.32. The van der Waals surface area contributed by atoms with E-state index in [1.165, 1.54) is 22.6 Å². The summed E-state index contributed by atoms with van der Waals surface area (Å²) in [6, 6.07) is 0. The number of carboxylic acid groups (broad SMARTS) is 1. The van der Waals surface area contributed by atoms with Gasteiger partial charge in [0.05, 0.1) is 12.7 Å². The summed E-state index contributed by atoms with van der Waals surface area (Å²) in [4.78, 5) is 19.5. The third-order valence-corrected chi connectivity index (χ3v) is 3.75. The Hall–Kier alpha value is -1.96. The molecule has 106 valence electrons. The summed E-state index contributed by atoms with van der Waals surface area (Å²) in [6.07, 6.45) is 1.41. The minimum atomic E-state index is -1.07. The van der Waals surface area contributed by atoms with Crippen LogP contribution in [-0.4, -0.2) is 41.8 Å². The molecule has 0 amide bonds. The number of aromatic nitrogens is 5. The fourth-order valence-electron chi connectivity index (χ4n) is 1.54. The first-order valence-electron chi connectivity index (χ1n) is 6.05. The van der Waals surface area contributed by atoms with Gasteiger partial charge >= 0.3 is 5.97 Å². The van der Waals surface area contributed by atoms with Crippen molar-refractivity contribution < 1.29 is 9.90 Å². The zero-order chi connectivity index (χ0) is 14.7. The van der Waals surface area contributed by atoms with E-state index in [1.54, 1.807) is 0 Å². The van der Waals surface area contributed by atoms with Gasteiger partial charge in [0.1, 0.15) is 0 Å². The van der Waals surface area contributed by atoms with Gasteiger partial charge in [-0.25, -0.2) is 14.8 Å². The molecule has 0 aliphatic rings. The maximum atomic E-state index is 10.7. The van der Waals surface area contributed by atoms with E-state index in [9.17, 15) is 4.79 Å². The van der Waals surface area contributed by atoms with E-state index >= 15 is 0 Å². The molecule has 2 aromatic heterocycles. The SMILES string of the molecule is Cc1nc(SCCn2cc(C(=O)O)nn2)nc(C)c1C. The fourth-order valence-corrected chi connectivity index (χ4v) is 2.41. The largest absolute Gasteiger partial charge is 0.476 e. The van der Waals surface area contributed by atoms with Crippen LogP contribution in [-0.2, 0) is 6.54 Å². The number of carbonyl (C=O) groups is 1. The van der Waals surface area contributed by atoms with E-state index in [2.05, 4.69) is 20.3 Å². The molecule has 0 atom stereocenters. The normalized spacial score (nSPS) is 10.8. The van der Waals surface area contributed by atoms with E-state index in [0.29, 0.717) is 12.3 Å². The van der Waals surface area contributed by atoms with Gasteiger partial charge in [-0.2, -0.15) is 0 Å². The second kappa shape index (κ2) is 6.00. The first kappa shape index (κ1) is 14.4. The number of hydrogen-bond donors (Lipinski definition) is 1. The van der Waals surface area contributed by atoms with Crippen molar-refractivity contribution in [2.24, 2.45) is 0 Å². The van der Waals surface area contributed by atoms with Gasteiger partial charge in [-0.3, -0.25) is 4.68 Å². The van der Waals surface area contributed by atoms with Crippen molar-refractivity contribution in [3.8, 4) is 0 Å². The van der Waals surface area contributed by atoms with Crippen LogP contribution in [0, 0.1) is 20.8 Å². The lowest BCUT2D eigenvalue weighted by Crippen LogP contribution is -2.03. The van der Waals surface area contributed by atoms with Crippen molar-refractivity contribution in [2.75, 3.05) is 5.75 Å². The average molecular weight is 293 g/mol. The first-order valence-corrected chi connectivity index (χ1v) is 7.04. The fraction of sp³-hybridized carbons (Fsp3) is 0.417. The third-order valence-electron chi connectivity index (χ3n) is 2.92.